The largest absolute Gasteiger partial charge is 0.493 e. The third-order valence-corrected chi connectivity index (χ3v) is 7.22. The van der Waals surface area contributed by atoms with Crippen molar-refractivity contribution in [3.63, 3.8) is 0 Å². The molecular formula is C31H55N5O2. The van der Waals surface area contributed by atoms with Gasteiger partial charge in [-0.05, 0) is 103 Å². The molecule has 38 heavy (non-hydrogen) atoms. The number of pyridine rings is 1. The molecule has 2 aromatic rings. The van der Waals surface area contributed by atoms with Gasteiger partial charge in [0, 0.05) is 30.4 Å². The van der Waals surface area contributed by atoms with E-state index in [1.54, 1.807) is 7.11 Å². The minimum atomic E-state index is 0.318. The number of fused-ring (bicyclic) bond motifs is 1. The van der Waals surface area contributed by atoms with Gasteiger partial charge < -0.3 is 31.2 Å². The molecule has 7 heteroatoms. The van der Waals surface area contributed by atoms with E-state index in [-0.39, 0.29) is 0 Å². The summed E-state index contributed by atoms with van der Waals surface area (Å²) in [6.45, 7) is 14.7. The highest BCUT2D eigenvalue weighted by molar-refractivity contribution is 5.99. The minimum absolute atomic E-state index is 0.318. The van der Waals surface area contributed by atoms with Crippen LogP contribution in [0.4, 0.5) is 5.69 Å². The number of nitrogens with two attached hydrogens (primary N) is 1. The van der Waals surface area contributed by atoms with E-state index in [9.17, 15) is 0 Å². The standard InChI is InChI=1S/C31H55N5O2/c1-7-9-21-38-31-28(37-6)22-27(30-29(31)26(8-2)16-20-35-30)36-25(5)15-12-19-34-24(4)14-11-18-33-23(3)13-10-17-32/h16,20,22-25,33-34,36H,7-15,17-19,21,32H2,1-6H3. The molecule has 2 rings (SSSR count). The average Bonchev–Trinajstić information content (AvgIpc) is 2.92. The first-order valence-corrected chi connectivity index (χ1v) is 15.0. The lowest BCUT2D eigenvalue weighted by molar-refractivity contribution is 0.292. The van der Waals surface area contributed by atoms with Gasteiger partial charge in [0.25, 0.3) is 0 Å². The number of nitrogens with one attached hydrogen (secondary N) is 3. The number of rotatable bonds is 21. The van der Waals surface area contributed by atoms with Crippen LogP contribution in [-0.2, 0) is 6.42 Å². The van der Waals surface area contributed by atoms with E-state index in [0.717, 1.165) is 92.7 Å². The summed E-state index contributed by atoms with van der Waals surface area (Å²) < 4.78 is 12.0. The van der Waals surface area contributed by atoms with Gasteiger partial charge in [-0.1, -0.05) is 20.3 Å². The molecule has 0 bridgehead atoms. The second kappa shape index (κ2) is 18.2. The zero-order chi connectivity index (χ0) is 27.8. The quantitative estimate of drug-likeness (QED) is 0.146. The van der Waals surface area contributed by atoms with Crippen LogP contribution in [0.25, 0.3) is 10.9 Å². The van der Waals surface area contributed by atoms with Crippen LogP contribution in [0, 0.1) is 0 Å². The lowest BCUT2D eigenvalue weighted by atomic mass is 10.0. The molecule has 0 aliphatic heterocycles. The number of hydrogen-bond donors (Lipinski definition) is 4. The van der Waals surface area contributed by atoms with Crippen LogP contribution >= 0.6 is 0 Å². The molecule has 3 unspecified atom stereocenters. The first-order valence-electron chi connectivity index (χ1n) is 15.0. The van der Waals surface area contributed by atoms with Gasteiger partial charge in [0.05, 0.1) is 30.3 Å². The zero-order valence-corrected chi connectivity index (χ0v) is 25.0. The maximum Gasteiger partial charge on any atom is 0.170 e. The van der Waals surface area contributed by atoms with Crippen molar-refractivity contribution in [2.75, 3.05) is 38.7 Å². The molecule has 0 spiro atoms. The Morgan fingerprint density at radius 2 is 1.58 bits per heavy atom. The van der Waals surface area contributed by atoms with Crippen molar-refractivity contribution >= 4 is 16.6 Å². The van der Waals surface area contributed by atoms with Crippen LogP contribution in [0.1, 0.15) is 91.5 Å². The summed E-state index contributed by atoms with van der Waals surface area (Å²) in [7, 11) is 1.72. The van der Waals surface area contributed by atoms with Crippen molar-refractivity contribution in [1.29, 1.82) is 0 Å². The molecule has 0 amide bonds. The fraction of sp³-hybridized carbons (Fsp3) is 0.710. The van der Waals surface area contributed by atoms with Crippen molar-refractivity contribution in [3.8, 4) is 11.5 Å². The zero-order valence-electron chi connectivity index (χ0n) is 25.0. The number of benzene rings is 1. The van der Waals surface area contributed by atoms with Gasteiger partial charge in [0.1, 0.15) is 0 Å². The van der Waals surface area contributed by atoms with Crippen LogP contribution in [0.15, 0.2) is 18.3 Å². The Kier molecular flexibility index (Phi) is 15.4. The van der Waals surface area contributed by atoms with Crippen LogP contribution in [0.2, 0.25) is 0 Å². The van der Waals surface area contributed by atoms with E-state index in [0.29, 0.717) is 24.7 Å². The molecule has 5 N–H and O–H groups in total. The molecule has 0 aliphatic rings. The number of aryl methyl sites for hydroxylation is 1. The molecule has 0 saturated heterocycles. The summed E-state index contributed by atoms with van der Waals surface area (Å²) in [6.07, 6.45) is 11.8. The van der Waals surface area contributed by atoms with Crippen LogP contribution in [-0.4, -0.2) is 56.5 Å². The first kappa shape index (κ1) is 32.1. The number of hydrogen-bond acceptors (Lipinski definition) is 7. The lowest BCUT2D eigenvalue weighted by Crippen LogP contribution is -2.31. The third kappa shape index (κ3) is 10.6. The van der Waals surface area contributed by atoms with Gasteiger partial charge in [0.15, 0.2) is 11.5 Å². The number of ether oxygens (including phenoxy) is 2. The Morgan fingerprint density at radius 1 is 0.921 bits per heavy atom. The van der Waals surface area contributed by atoms with E-state index in [4.69, 9.17) is 20.2 Å². The molecule has 216 valence electrons. The highest BCUT2D eigenvalue weighted by Gasteiger charge is 2.19. The highest BCUT2D eigenvalue weighted by atomic mass is 16.5. The Bertz CT molecular complexity index is 923. The lowest BCUT2D eigenvalue weighted by Gasteiger charge is -2.21. The fourth-order valence-electron chi connectivity index (χ4n) is 4.84. The third-order valence-electron chi connectivity index (χ3n) is 7.22. The van der Waals surface area contributed by atoms with Crippen LogP contribution < -0.4 is 31.2 Å². The van der Waals surface area contributed by atoms with E-state index in [2.05, 4.69) is 62.7 Å². The summed E-state index contributed by atoms with van der Waals surface area (Å²) in [6, 6.07) is 5.55. The molecule has 1 aromatic carbocycles. The minimum Gasteiger partial charge on any atom is -0.493 e. The number of aromatic nitrogens is 1. The summed E-state index contributed by atoms with van der Waals surface area (Å²) in [5.41, 5.74) is 8.80. The predicted molar refractivity (Wildman–Crippen MR) is 163 cm³/mol. The van der Waals surface area contributed by atoms with E-state index in [1.165, 1.54) is 18.4 Å². The second-order valence-corrected chi connectivity index (χ2v) is 10.7. The average molecular weight is 530 g/mol. The Balaban J connectivity index is 1.88. The number of nitrogens with zero attached hydrogens (tertiary/aromatic N) is 1. The molecule has 0 aliphatic carbocycles. The summed E-state index contributed by atoms with van der Waals surface area (Å²) in [4.78, 5) is 4.77. The van der Waals surface area contributed by atoms with Crippen LogP contribution in [0.3, 0.4) is 0 Å². The van der Waals surface area contributed by atoms with Crippen molar-refractivity contribution in [1.82, 2.24) is 15.6 Å². The maximum atomic E-state index is 6.24. The predicted octanol–water partition coefficient (Wildman–Crippen LogP) is 6.04. The summed E-state index contributed by atoms with van der Waals surface area (Å²) in [5.74, 6) is 1.59. The number of anilines is 1. The molecule has 0 fully saturated rings. The number of methoxy groups -OCH3 is 1. The molecule has 7 nitrogen and oxygen atoms in total. The SMILES string of the molecule is CCCCOc1c(OC)cc(NC(C)CCCNC(C)CCCNC(C)CCCN)c2nccc(CC)c12. The molecule has 0 saturated carbocycles. The normalized spacial score (nSPS) is 13.9. The van der Waals surface area contributed by atoms with Gasteiger partial charge in [-0.2, -0.15) is 0 Å². The highest BCUT2D eigenvalue weighted by Crippen LogP contribution is 2.41. The molecule has 1 heterocycles. The van der Waals surface area contributed by atoms with Crippen molar-refractivity contribution in [3.05, 3.63) is 23.9 Å². The van der Waals surface area contributed by atoms with Gasteiger partial charge in [0.2, 0.25) is 0 Å². The molecule has 3 atom stereocenters. The van der Waals surface area contributed by atoms with E-state index >= 15 is 0 Å². The number of unbranched alkanes of at least 4 members (excludes halogenated alkanes) is 1. The summed E-state index contributed by atoms with van der Waals surface area (Å²) in [5, 5.41) is 12.1. The maximum absolute atomic E-state index is 6.24. The van der Waals surface area contributed by atoms with Crippen molar-refractivity contribution in [2.24, 2.45) is 5.73 Å². The second-order valence-electron chi connectivity index (χ2n) is 10.7. The molecule has 1 aromatic heterocycles. The fourth-order valence-corrected chi connectivity index (χ4v) is 4.84. The monoisotopic (exact) mass is 529 g/mol. The van der Waals surface area contributed by atoms with Crippen molar-refractivity contribution in [2.45, 2.75) is 111 Å². The molecular weight excluding hydrogens is 474 g/mol. The Morgan fingerprint density at radius 3 is 2.18 bits per heavy atom. The Hall–Kier alpha value is -2.09. The van der Waals surface area contributed by atoms with E-state index in [1.807, 2.05) is 6.20 Å². The van der Waals surface area contributed by atoms with Crippen LogP contribution in [0.5, 0.6) is 11.5 Å². The Labute approximate surface area is 232 Å². The van der Waals surface area contributed by atoms with Gasteiger partial charge in [-0.3, -0.25) is 4.98 Å². The molecule has 0 radical (unpaired) electrons. The van der Waals surface area contributed by atoms with Gasteiger partial charge in [-0.25, -0.2) is 0 Å². The first-order chi connectivity index (χ1) is 18.4. The topological polar surface area (TPSA) is 93.5 Å². The summed E-state index contributed by atoms with van der Waals surface area (Å²) >= 11 is 0. The van der Waals surface area contributed by atoms with E-state index < -0.39 is 0 Å². The van der Waals surface area contributed by atoms with Gasteiger partial charge >= 0.3 is 0 Å². The van der Waals surface area contributed by atoms with Gasteiger partial charge in [-0.15, -0.1) is 0 Å². The smallest absolute Gasteiger partial charge is 0.170 e. The van der Waals surface area contributed by atoms with Crippen molar-refractivity contribution < 1.29 is 9.47 Å².